The fourth-order valence-electron chi connectivity index (χ4n) is 2.60. The van der Waals surface area contributed by atoms with Crippen molar-refractivity contribution in [1.82, 2.24) is 4.90 Å². The molecule has 0 aliphatic carbocycles. The molecule has 2 aromatic carbocycles. The number of benzene rings is 2. The van der Waals surface area contributed by atoms with Crippen LogP contribution >= 0.6 is 0 Å². The SMILES string of the molecule is CN(C)CCOC(O)Cc1cc2ccc(OCc3ccccc3)cc2o1. The van der Waals surface area contributed by atoms with Gasteiger partial charge in [-0.2, -0.15) is 0 Å². The summed E-state index contributed by atoms with van der Waals surface area (Å²) in [6.07, 6.45) is -0.549. The summed E-state index contributed by atoms with van der Waals surface area (Å²) in [5, 5.41) is 11.0. The molecule has 0 spiro atoms. The highest BCUT2D eigenvalue weighted by Gasteiger charge is 2.11. The van der Waals surface area contributed by atoms with E-state index in [0.717, 1.165) is 28.8 Å². The minimum absolute atomic E-state index is 0.322. The van der Waals surface area contributed by atoms with Crippen molar-refractivity contribution in [2.75, 3.05) is 27.2 Å². The Bertz CT molecular complexity index is 813. The van der Waals surface area contributed by atoms with E-state index < -0.39 is 6.29 Å². The fourth-order valence-corrected chi connectivity index (χ4v) is 2.60. The van der Waals surface area contributed by atoms with Crippen molar-refractivity contribution in [2.45, 2.75) is 19.3 Å². The van der Waals surface area contributed by atoms with Crippen LogP contribution in [0.15, 0.2) is 59.0 Å². The van der Waals surface area contributed by atoms with Crippen molar-refractivity contribution in [3.8, 4) is 5.75 Å². The van der Waals surface area contributed by atoms with Crippen LogP contribution in [-0.2, 0) is 17.8 Å². The highest BCUT2D eigenvalue weighted by molar-refractivity contribution is 5.79. The first-order valence-corrected chi connectivity index (χ1v) is 8.74. The molecule has 1 atom stereocenters. The van der Waals surface area contributed by atoms with Crippen LogP contribution in [0, 0.1) is 0 Å². The lowest BCUT2D eigenvalue weighted by Gasteiger charge is -2.13. The van der Waals surface area contributed by atoms with Crippen LogP contribution in [0.1, 0.15) is 11.3 Å². The van der Waals surface area contributed by atoms with Crippen LogP contribution in [0.4, 0.5) is 0 Å². The van der Waals surface area contributed by atoms with Gasteiger partial charge in [-0.3, -0.25) is 0 Å². The molecule has 3 aromatic rings. The van der Waals surface area contributed by atoms with E-state index in [1.807, 2.05) is 73.6 Å². The normalized spacial score (nSPS) is 12.6. The van der Waals surface area contributed by atoms with E-state index in [2.05, 4.69) is 0 Å². The smallest absolute Gasteiger partial charge is 0.161 e. The summed E-state index contributed by atoms with van der Waals surface area (Å²) in [5.74, 6) is 1.45. The predicted octanol–water partition coefficient (Wildman–Crippen LogP) is 3.45. The van der Waals surface area contributed by atoms with Crippen molar-refractivity contribution >= 4 is 11.0 Å². The van der Waals surface area contributed by atoms with Crippen LogP contribution in [-0.4, -0.2) is 43.5 Å². The molecule has 0 fully saturated rings. The Morgan fingerprint density at radius 2 is 1.88 bits per heavy atom. The second-order valence-corrected chi connectivity index (χ2v) is 6.52. The molecule has 1 heterocycles. The van der Waals surface area contributed by atoms with Gasteiger partial charge in [-0.05, 0) is 37.9 Å². The van der Waals surface area contributed by atoms with Gasteiger partial charge in [0.25, 0.3) is 0 Å². The number of furan rings is 1. The molecule has 1 unspecified atom stereocenters. The first-order valence-electron chi connectivity index (χ1n) is 8.74. The number of likely N-dealkylation sites (N-methyl/N-ethyl adjacent to an activating group) is 1. The number of hydrogen-bond acceptors (Lipinski definition) is 5. The van der Waals surface area contributed by atoms with E-state index in [0.29, 0.717) is 25.4 Å². The molecule has 5 heteroatoms. The second kappa shape index (κ2) is 8.85. The van der Waals surface area contributed by atoms with Crippen molar-refractivity contribution in [3.05, 3.63) is 65.9 Å². The number of aliphatic hydroxyl groups is 1. The van der Waals surface area contributed by atoms with Gasteiger partial charge in [-0.25, -0.2) is 0 Å². The zero-order valence-corrected chi connectivity index (χ0v) is 15.2. The molecule has 0 saturated heterocycles. The zero-order valence-electron chi connectivity index (χ0n) is 15.2. The number of hydrogen-bond donors (Lipinski definition) is 1. The molecule has 0 radical (unpaired) electrons. The van der Waals surface area contributed by atoms with Gasteiger partial charge in [-0.15, -0.1) is 0 Å². The Balaban J connectivity index is 1.58. The molecule has 5 nitrogen and oxygen atoms in total. The summed E-state index contributed by atoms with van der Waals surface area (Å²) < 4.78 is 17.0. The van der Waals surface area contributed by atoms with Gasteiger partial charge < -0.3 is 23.9 Å². The topological polar surface area (TPSA) is 55.1 Å². The number of ether oxygens (including phenoxy) is 2. The van der Waals surface area contributed by atoms with Crippen LogP contribution < -0.4 is 4.74 Å². The van der Waals surface area contributed by atoms with E-state index in [1.165, 1.54) is 0 Å². The number of nitrogens with zero attached hydrogens (tertiary/aromatic N) is 1. The van der Waals surface area contributed by atoms with E-state index >= 15 is 0 Å². The van der Waals surface area contributed by atoms with Crippen LogP contribution in [0.2, 0.25) is 0 Å². The van der Waals surface area contributed by atoms with Crippen LogP contribution in [0.25, 0.3) is 11.0 Å². The summed E-state index contributed by atoms with van der Waals surface area (Å²) >= 11 is 0. The van der Waals surface area contributed by atoms with E-state index in [4.69, 9.17) is 13.9 Å². The molecule has 0 aliphatic rings. The third kappa shape index (κ3) is 5.33. The Kier molecular flexibility index (Phi) is 6.28. The number of fused-ring (bicyclic) bond motifs is 1. The first-order chi connectivity index (χ1) is 12.6. The highest BCUT2D eigenvalue weighted by atomic mass is 16.6. The predicted molar refractivity (Wildman–Crippen MR) is 101 cm³/mol. The monoisotopic (exact) mass is 355 g/mol. The summed E-state index contributed by atoms with van der Waals surface area (Å²) in [6.45, 7) is 1.75. The number of aliphatic hydroxyl groups excluding tert-OH is 1. The largest absolute Gasteiger partial charge is 0.489 e. The highest BCUT2D eigenvalue weighted by Crippen LogP contribution is 2.25. The van der Waals surface area contributed by atoms with Gasteiger partial charge in [0.1, 0.15) is 23.7 Å². The molecule has 138 valence electrons. The third-order valence-corrected chi connectivity index (χ3v) is 4.02. The van der Waals surface area contributed by atoms with Crippen molar-refractivity contribution in [2.24, 2.45) is 0 Å². The molecular formula is C21H25NO4. The number of rotatable bonds is 9. The van der Waals surface area contributed by atoms with E-state index in [9.17, 15) is 5.11 Å². The standard InChI is InChI=1S/C21H25NO4/c1-22(2)10-11-24-21(23)14-19-12-17-8-9-18(13-20(17)26-19)25-15-16-6-4-3-5-7-16/h3-9,12-13,21,23H,10-11,14-15H2,1-2H3. The molecule has 1 aromatic heterocycles. The minimum atomic E-state index is -0.871. The molecule has 3 rings (SSSR count). The summed E-state index contributed by atoms with van der Waals surface area (Å²) in [7, 11) is 3.93. The zero-order chi connectivity index (χ0) is 18.4. The third-order valence-electron chi connectivity index (χ3n) is 4.02. The summed E-state index contributed by atoms with van der Waals surface area (Å²) in [5.41, 5.74) is 1.86. The second-order valence-electron chi connectivity index (χ2n) is 6.52. The van der Waals surface area contributed by atoms with E-state index in [1.54, 1.807) is 0 Å². The maximum atomic E-state index is 9.98. The first kappa shape index (κ1) is 18.5. The quantitative estimate of drug-likeness (QED) is 0.596. The Morgan fingerprint density at radius 1 is 1.08 bits per heavy atom. The molecule has 1 N–H and O–H groups in total. The average Bonchev–Trinajstić information content (AvgIpc) is 3.01. The van der Waals surface area contributed by atoms with E-state index in [-0.39, 0.29) is 0 Å². The van der Waals surface area contributed by atoms with Crippen LogP contribution in [0.5, 0.6) is 5.75 Å². The van der Waals surface area contributed by atoms with Gasteiger partial charge in [0.2, 0.25) is 0 Å². The van der Waals surface area contributed by atoms with Crippen molar-refractivity contribution in [1.29, 1.82) is 0 Å². The molecular weight excluding hydrogens is 330 g/mol. The van der Waals surface area contributed by atoms with Gasteiger partial charge >= 0.3 is 0 Å². The lowest BCUT2D eigenvalue weighted by Crippen LogP contribution is -2.23. The van der Waals surface area contributed by atoms with Gasteiger partial charge in [0.15, 0.2) is 6.29 Å². The Morgan fingerprint density at radius 3 is 2.65 bits per heavy atom. The minimum Gasteiger partial charge on any atom is -0.489 e. The Labute approximate surface area is 153 Å². The lowest BCUT2D eigenvalue weighted by molar-refractivity contribution is -0.102. The molecule has 0 saturated carbocycles. The fraction of sp³-hybridized carbons (Fsp3) is 0.333. The van der Waals surface area contributed by atoms with Crippen LogP contribution in [0.3, 0.4) is 0 Å². The molecule has 0 amide bonds. The van der Waals surface area contributed by atoms with Crippen molar-refractivity contribution in [3.63, 3.8) is 0 Å². The maximum Gasteiger partial charge on any atom is 0.161 e. The molecule has 0 aliphatic heterocycles. The van der Waals surface area contributed by atoms with Gasteiger partial charge in [-0.1, -0.05) is 30.3 Å². The molecule has 0 bridgehead atoms. The summed E-state index contributed by atoms with van der Waals surface area (Å²) in [4.78, 5) is 2.00. The summed E-state index contributed by atoms with van der Waals surface area (Å²) in [6, 6.07) is 17.7. The maximum absolute atomic E-state index is 9.98. The van der Waals surface area contributed by atoms with Gasteiger partial charge in [0.05, 0.1) is 13.0 Å². The lowest BCUT2D eigenvalue weighted by atomic mass is 10.2. The van der Waals surface area contributed by atoms with Gasteiger partial charge in [0, 0.05) is 18.0 Å². The van der Waals surface area contributed by atoms with Crippen molar-refractivity contribution < 1.29 is 19.0 Å². The average molecular weight is 355 g/mol. The Hall–Kier alpha value is -2.34. The molecule has 26 heavy (non-hydrogen) atoms.